The van der Waals surface area contributed by atoms with Crippen LogP contribution in [0.15, 0.2) is 0 Å². The highest BCUT2D eigenvalue weighted by Crippen LogP contribution is 2.75. The monoisotopic (exact) mass is 222 g/mol. The molecule has 0 aliphatic heterocycles. The third-order valence-electron chi connectivity index (χ3n) is 6.47. The van der Waals surface area contributed by atoms with Crippen molar-refractivity contribution in [3.8, 4) is 0 Å². The van der Waals surface area contributed by atoms with Gasteiger partial charge in [-0.1, -0.05) is 20.8 Å². The fourth-order valence-corrected chi connectivity index (χ4v) is 5.70. The van der Waals surface area contributed by atoms with Gasteiger partial charge in [-0.15, -0.1) is 0 Å². The SMILES string of the molecule is CC1(CCO)CC2(CCC3CC2C3(C)C)C1. The number of fused-ring (bicyclic) bond motifs is 1. The van der Waals surface area contributed by atoms with Gasteiger partial charge in [-0.3, -0.25) is 0 Å². The first-order chi connectivity index (χ1) is 7.42. The minimum Gasteiger partial charge on any atom is -0.396 e. The van der Waals surface area contributed by atoms with Crippen molar-refractivity contribution in [2.45, 2.75) is 59.3 Å². The first kappa shape index (κ1) is 11.1. The van der Waals surface area contributed by atoms with E-state index in [4.69, 9.17) is 5.11 Å². The second-order valence-electron chi connectivity index (χ2n) is 7.85. The maximum Gasteiger partial charge on any atom is 0.0436 e. The fourth-order valence-electron chi connectivity index (χ4n) is 5.70. The topological polar surface area (TPSA) is 20.2 Å². The molecule has 0 heterocycles. The zero-order valence-corrected chi connectivity index (χ0v) is 11.1. The van der Waals surface area contributed by atoms with Crippen LogP contribution in [0.3, 0.4) is 0 Å². The van der Waals surface area contributed by atoms with Crippen molar-refractivity contribution >= 4 is 0 Å². The van der Waals surface area contributed by atoms with Crippen molar-refractivity contribution in [2.24, 2.45) is 28.1 Å². The Hall–Kier alpha value is -0.0400. The molecule has 4 saturated carbocycles. The molecule has 0 saturated heterocycles. The average Bonchev–Trinajstić information content (AvgIpc) is 2.15. The van der Waals surface area contributed by atoms with E-state index in [0.717, 1.165) is 18.3 Å². The van der Waals surface area contributed by atoms with Gasteiger partial charge in [0, 0.05) is 6.61 Å². The summed E-state index contributed by atoms with van der Waals surface area (Å²) in [5.41, 5.74) is 1.77. The lowest BCUT2D eigenvalue weighted by Gasteiger charge is -2.72. The Balaban J connectivity index is 1.73. The standard InChI is InChI=1S/C15H26O/c1-13(2)11-4-5-15(12(13)8-11)9-14(3,10-15)6-7-16/h11-12,16H,4-10H2,1-3H3. The summed E-state index contributed by atoms with van der Waals surface area (Å²) in [7, 11) is 0. The van der Waals surface area contributed by atoms with Crippen molar-refractivity contribution in [3.05, 3.63) is 0 Å². The van der Waals surface area contributed by atoms with Crippen molar-refractivity contribution < 1.29 is 5.11 Å². The van der Waals surface area contributed by atoms with Crippen molar-refractivity contribution in [3.63, 3.8) is 0 Å². The van der Waals surface area contributed by atoms with E-state index in [1.807, 2.05) is 0 Å². The van der Waals surface area contributed by atoms with Crippen LogP contribution < -0.4 is 0 Å². The molecule has 2 atom stereocenters. The molecule has 0 aromatic heterocycles. The minimum absolute atomic E-state index is 0.378. The Morgan fingerprint density at radius 2 is 1.88 bits per heavy atom. The number of rotatable bonds is 2. The summed E-state index contributed by atoms with van der Waals surface area (Å²) < 4.78 is 0. The molecule has 0 radical (unpaired) electrons. The van der Waals surface area contributed by atoms with E-state index >= 15 is 0 Å². The fraction of sp³-hybridized carbons (Fsp3) is 1.00. The summed E-state index contributed by atoms with van der Waals surface area (Å²) in [6.45, 7) is 7.75. The predicted molar refractivity (Wildman–Crippen MR) is 66.1 cm³/mol. The molecule has 16 heavy (non-hydrogen) atoms. The summed E-state index contributed by atoms with van der Waals surface area (Å²) in [6.07, 6.45) is 8.25. The quantitative estimate of drug-likeness (QED) is 0.756. The van der Waals surface area contributed by atoms with Crippen LogP contribution in [0, 0.1) is 28.1 Å². The zero-order valence-electron chi connectivity index (χ0n) is 11.1. The molecule has 92 valence electrons. The molecule has 0 amide bonds. The third kappa shape index (κ3) is 1.21. The van der Waals surface area contributed by atoms with Crippen LogP contribution in [0.5, 0.6) is 0 Å². The molecule has 1 spiro atoms. The van der Waals surface area contributed by atoms with Crippen LogP contribution in [0.1, 0.15) is 59.3 Å². The van der Waals surface area contributed by atoms with E-state index < -0.39 is 0 Å². The Bertz CT molecular complexity index is 297. The van der Waals surface area contributed by atoms with Gasteiger partial charge in [0.25, 0.3) is 0 Å². The lowest BCUT2D eigenvalue weighted by Crippen LogP contribution is -2.63. The molecular formula is C15H26O. The summed E-state index contributed by atoms with van der Waals surface area (Å²) in [5, 5.41) is 9.13. The van der Waals surface area contributed by atoms with Gasteiger partial charge < -0.3 is 5.11 Å². The molecule has 4 fully saturated rings. The molecule has 0 aromatic rings. The smallest absolute Gasteiger partial charge is 0.0436 e. The highest BCUT2D eigenvalue weighted by atomic mass is 16.3. The molecule has 1 N–H and O–H groups in total. The lowest BCUT2D eigenvalue weighted by molar-refractivity contribution is -0.227. The molecule has 2 bridgehead atoms. The van der Waals surface area contributed by atoms with Gasteiger partial charge >= 0.3 is 0 Å². The summed E-state index contributed by atoms with van der Waals surface area (Å²) in [6, 6.07) is 0. The molecule has 0 aromatic carbocycles. The Morgan fingerprint density at radius 1 is 1.19 bits per heavy atom. The molecule has 2 unspecified atom stereocenters. The van der Waals surface area contributed by atoms with Gasteiger partial charge in [0.2, 0.25) is 0 Å². The Morgan fingerprint density at radius 3 is 2.38 bits per heavy atom. The number of hydrogen-bond acceptors (Lipinski definition) is 1. The second-order valence-corrected chi connectivity index (χ2v) is 7.85. The van der Waals surface area contributed by atoms with E-state index in [9.17, 15) is 0 Å². The number of aliphatic hydroxyl groups is 1. The largest absolute Gasteiger partial charge is 0.396 e. The summed E-state index contributed by atoms with van der Waals surface area (Å²) in [5.74, 6) is 2.01. The average molecular weight is 222 g/mol. The van der Waals surface area contributed by atoms with Crippen LogP contribution in [-0.2, 0) is 0 Å². The summed E-state index contributed by atoms with van der Waals surface area (Å²) in [4.78, 5) is 0. The maximum absolute atomic E-state index is 9.13. The first-order valence-corrected chi connectivity index (χ1v) is 7.03. The second kappa shape index (κ2) is 3.04. The normalized spacial score (nSPS) is 53.2. The third-order valence-corrected chi connectivity index (χ3v) is 6.47. The molecule has 4 rings (SSSR count). The van der Waals surface area contributed by atoms with Gasteiger partial charge in [0.1, 0.15) is 0 Å². The maximum atomic E-state index is 9.13. The van der Waals surface area contributed by atoms with Crippen LogP contribution in [0.25, 0.3) is 0 Å². The lowest BCUT2D eigenvalue weighted by atomic mass is 9.33. The van der Waals surface area contributed by atoms with Crippen LogP contribution in [0.4, 0.5) is 0 Å². The van der Waals surface area contributed by atoms with Crippen LogP contribution >= 0.6 is 0 Å². The van der Waals surface area contributed by atoms with E-state index in [0.29, 0.717) is 22.9 Å². The Labute approximate surface area is 99.6 Å². The van der Waals surface area contributed by atoms with Crippen LogP contribution in [0.2, 0.25) is 0 Å². The zero-order chi connectivity index (χ0) is 11.6. The minimum atomic E-state index is 0.378. The van der Waals surface area contributed by atoms with Gasteiger partial charge in [0.15, 0.2) is 0 Å². The van der Waals surface area contributed by atoms with Gasteiger partial charge in [-0.2, -0.15) is 0 Å². The van der Waals surface area contributed by atoms with E-state index in [1.165, 1.54) is 32.1 Å². The van der Waals surface area contributed by atoms with E-state index in [2.05, 4.69) is 20.8 Å². The highest BCUT2D eigenvalue weighted by molar-refractivity contribution is 5.15. The first-order valence-electron chi connectivity index (χ1n) is 7.03. The summed E-state index contributed by atoms with van der Waals surface area (Å²) >= 11 is 0. The molecule has 1 heteroatoms. The van der Waals surface area contributed by atoms with Crippen molar-refractivity contribution in [1.29, 1.82) is 0 Å². The predicted octanol–water partition coefficient (Wildman–Crippen LogP) is 3.61. The van der Waals surface area contributed by atoms with Crippen LogP contribution in [-0.4, -0.2) is 11.7 Å². The van der Waals surface area contributed by atoms with Crippen molar-refractivity contribution in [2.75, 3.05) is 6.61 Å². The van der Waals surface area contributed by atoms with E-state index in [-0.39, 0.29) is 0 Å². The highest BCUT2D eigenvalue weighted by Gasteiger charge is 2.66. The molecular weight excluding hydrogens is 196 g/mol. The van der Waals surface area contributed by atoms with E-state index in [1.54, 1.807) is 0 Å². The molecule has 4 aliphatic carbocycles. The van der Waals surface area contributed by atoms with Crippen molar-refractivity contribution in [1.82, 2.24) is 0 Å². The number of aliphatic hydroxyl groups excluding tert-OH is 1. The molecule has 4 aliphatic rings. The molecule has 1 nitrogen and oxygen atoms in total. The number of hydrogen-bond donors (Lipinski definition) is 1. The van der Waals surface area contributed by atoms with Gasteiger partial charge in [-0.05, 0) is 66.6 Å². The van der Waals surface area contributed by atoms with Gasteiger partial charge in [-0.25, -0.2) is 0 Å². The Kier molecular flexibility index (Phi) is 2.11. The van der Waals surface area contributed by atoms with Gasteiger partial charge in [0.05, 0.1) is 0 Å².